The topological polar surface area (TPSA) is 325 Å². The van der Waals surface area contributed by atoms with Crippen molar-refractivity contribution in [3.05, 3.63) is 18.2 Å². The van der Waals surface area contributed by atoms with E-state index in [0.717, 1.165) is 76.3 Å². The van der Waals surface area contributed by atoms with E-state index in [1.54, 1.807) is 19.4 Å². The number of amides is 3. The van der Waals surface area contributed by atoms with Gasteiger partial charge in [-0.25, -0.2) is 4.98 Å². The maximum absolute atomic E-state index is 12.5. The molecule has 0 aromatic carbocycles. The number of rotatable bonds is 57. The van der Waals surface area contributed by atoms with Gasteiger partial charge in [-0.3, -0.25) is 43.7 Å². The lowest BCUT2D eigenvalue weighted by molar-refractivity contribution is -0.144. The van der Waals surface area contributed by atoms with E-state index < -0.39 is 29.8 Å². The zero-order chi connectivity index (χ0) is 61.7. The molecule has 1 heterocycles. The summed E-state index contributed by atoms with van der Waals surface area (Å²) in [6.07, 6.45) is 34.9. The first-order valence-corrected chi connectivity index (χ1v) is 32.2. The fraction of sp³-hybridized carbons (Fsp3) is 0.825. The average Bonchev–Trinajstić information content (AvgIpc) is 4.04. The highest BCUT2D eigenvalue weighted by Crippen LogP contribution is 2.34. The van der Waals surface area contributed by atoms with Crippen LogP contribution in [0, 0.1) is 17.8 Å². The summed E-state index contributed by atoms with van der Waals surface area (Å²) >= 11 is 0. The maximum atomic E-state index is 12.5. The molecule has 1 aromatic rings. The maximum Gasteiger partial charge on any atom is 0.306 e. The second kappa shape index (κ2) is 53.8. The Labute approximate surface area is 502 Å². The quantitative estimate of drug-likeness (QED) is 0.0283. The number of H-pyrrole nitrogens is 1. The number of aromatic nitrogens is 2. The van der Waals surface area contributed by atoms with Gasteiger partial charge in [0.1, 0.15) is 24.8 Å². The monoisotopic (exact) mass is 1190 g/mol. The number of aliphatic hydroxyl groups excluding tert-OH is 1. The van der Waals surface area contributed by atoms with Crippen LogP contribution in [0.25, 0.3) is 0 Å². The number of hydrogen-bond acceptors (Lipinski definition) is 15. The molecule has 1 aromatic heterocycles. The van der Waals surface area contributed by atoms with Crippen LogP contribution >= 0.6 is 0 Å². The number of ketones is 3. The molecule has 9 N–H and O–H groups in total. The van der Waals surface area contributed by atoms with Gasteiger partial charge in [-0.1, -0.05) is 123 Å². The summed E-state index contributed by atoms with van der Waals surface area (Å²) in [4.78, 5) is 99.6. The average molecular weight is 1190 g/mol. The molecule has 1 aliphatic rings. The zero-order valence-electron chi connectivity index (χ0n) is 51.6. The van der Waals surface area contributed by atoms with Crippen LogP contribution in [0.4, 0.5) is 0 Å². The van der Waals surface area contributed by atoms with Crippen LogP contribution < -0.4 is 21.7 Å². The molecule has 1 aliphatic carbocycles. The molecule has 0 bridgehead atoms. The standard InChI is InChI=1S/C34H62O6.C29H50N6O9/c1-2-29(34(39)40)27-32(36)30-24-21-28(22-25-30)23-26-31(35)19-17-15-13-11-9-7-5-3-4-6-8-10-12-14-16-18-20-33(37)38;1-2-27(38)32-10-12-41-15-17-44-21-28(39)33-11-13-42-14-16-43-20-25(37)6-4-3-5-7-26(29(30)40)34-19-24(36)9-8-23-18-31-22-35-23/h28-31,35H,2-27H2,1H3,(H,37,38)(H,39,40);18,22,26,34H,2-17,19-21H2,1H3,(H2,30,40)(H,31,35)(H,32,38)(H,33,39). The highest BCUT2D eigenvalue weighted by atomic mass is 16.5. The fourth-order valence-electron chi connectivity index (χ4n) is 10.1. The van der Waals surface area contributed by atoms with Crippen molar-refractivity contribution in [3.8, 4) is 0 Å². The van der Waals surface area contributed by atoms with Gasteiger partial charge in [0.15, 0.2) is 5.78 Å². The predicted molar refractivity (Wildman–Crippen MR) is 323 cm³/mol. The molecule has 0 spiro atoms. The van der Waals surface area contributed by atoms with Gasteiger partial charge in [-0.05, 0) is 83.0 Å². The molecule has 3 atom stereocenters. The number of carboxylic acids is 2. The van der Waals surface area contributed by atoms with Crippen molar-refractivity contribution in [2.45, 2.75) is 244 Å². The highest BCUT2D eigenvalue weighted by molar-refractivity contribution is 5.86. The lowest BCUT2D eigenvalue weighted by atomic mass is 9.76. The predicted octanol–water partition coefficient (Wildman–Crippen LogP) is 8.69. The van der Waals surface area contributed by atoms with E-state index in [1.807, 2.05) is 6.92 Å². The number of aryl methyl sites for hydroxylation is 1. The molecule has 2 rings (SSSR count). The molecule has 0 aliphatic heterocycles. The Bertz CT molecular complexity index is 1870. The summed E-state index contributed by atoms with van der Waals surface area (Å²) < 4.78 is 21.2. The first kappa shape index (κ1) is 77.3. The molecule has 1 fully saturated rings. The van der Waals surface area contributed by atoms with E-state index >= 15 is 0 Å². The van der Waals surface area contributed by atoms with E-state index in [9.17, 15) is 48.6 Å². The van der Waals surface area contributed by atoms with Gasteiger partial charge in [0, 0.05) is 63.0 Å². The van der Waals surface area contributed by atoms with Crippen molar-refractivity contribution in [2.75, 3.05) is 72.5 Å². The first-order chi connectivity index (χ1) is 40.6. The van der Waals surface area contributed by atoms with Gasteiger partial charge in [0.25, 0.3) is 0 Å². The summed E-state index contributed by atoms with van der Waals surface area (Å²) in [6.45, 7) is 6.21. The number of unbranched alkanes of at least 4 members (excludes halogenated alkanes) is 17. The number of nitrogens with two attached hydrogens (primary N) is 1. The third-order valence-corrected chi connectivity index (χ3v) is 15.4. The van der Waals surface area contributed by atoms with Gasteiger partial charge < -0.3 is 55.6 Å². The summed E-state index contributed by atoms with van der Waals surface area (Å²) in [7, 11) is 0. The lowest BCUT2D eigenvalue weighted by Crippen LogP contribution is -2.43. The summed E-state index contributed by atoms with van der Waals surface area (Å²) in [6, 6.07) is -0.588. The van der Waals surface area contributed by atoms with Gasteiger partial charge >= 0.3 is 11.9 Å². The van der Waals surface area contributed by atoms with Crippen LogP contribution in [0.2, 0.25) is 0 Å². The number of carboxylic acid groups (broad SMARTS) is 2. The Kier molecular flexibility index (Phi) is 49.5. The number of aromatic amines is 1. The summed E-state index contributed by atoms with van der Waals surface area (Å²) in [5.74, 6) is -2.10. The van der Waals surface area contributed by atoms with Crippen LogP contribution in [-0.4, -0.2) is 157 Å². The van der Waals surface area contributed by atoms with Gasteiger partial charge in [-0.2, -0.15) is 0 Å². The molecule has 0 radical (unpaired) electrons. The molecule has 84 heavy (non-hydrogen) atoms. The number of hydrogen-bond donors (Lipinski definition) is 8. The molecular formula is C63H112N6O15. The largest absolute Gasteiger partial charge is 0.481 e. The Balaban J connectivity index is 0.000000844. The van der Waals surface area contributed by atoms with E-state index in [-0.39, 0.29) is 80.6 Å². The van der Waals surface area contributed by atoms with Gasteiger partial charge in [-0.15, -0.1) is 0 Å². The Morgan fingerprint density at radius 1 is 0.619 bits per heavy atom. The molecule has 21 nitrogen and oxygen atoms in total. The van der Waals surface area contributed by atoms with Crippen LogP contribution in [0.1, 0.15) is 231 Å². The van der Waals surface area contributed by atoms with Crippen LogP contribution in [0.15, 0.2) is 12.5 Å². The number of primary amides is 1. The Morgan fingerprint density at radius 3 is 1.68 bits per heavy atom. The van der Waals surface area contributed by atoms with Gasteiger partial charge in [0.05, 0.1) is 70.6 Å². The minimum Gasteiger partial charge on any atom is -0.481 e. The van der Waals surface area contributed by atoms with E-state index in [2.05, 4.69) is 25.9 Å². The lowest BCUT2D eigenvalue weighted by Gasteiger charge is -2.28. The smallest absolute Gasteiger partial charge is 0.306 e. The summed E-state index contributed by atoms with van der Waals surface area (Å²) in [5, 5.41) is 36.5. The van der Waals surface area contributed by atoms with Crippen molar-refractivity contribution in [2.24, 2.45) is 23.5 Å². The third kappa shape index (κ3) is 46.6. The van der Waals surface area contributed by atoms with Crippen molar-refractivity contribution in [3.63, 3.8) is 0 Å². The zero-order valence-corrected chi connectivity index (χ0v) is 51.6. The van der Waals surface area contributed by atoms with Crippen molar-refractivity contribution >= 4 is 47.0 Å². The number of Topliss-reactive ketones (excluding diaryl/α,β-unsaturated/α-hetero) is 3. The minimum absolute atomic E-state index is 0.000646. The number of imidazole rings is 1. The molecule has 3 unspecified atom stereocenters. The Hall–Kier alpha value is -4.67. The summed E-state index contributed by atoms with van der Waals surface area (Å²) in [5.41, 5.74) is 6.34. The number of aliphatic carboxylic acids is 2. The van der Waals surface area contributed by atoms with Gasteiger partial charge in [0.2, 0.25) is 17.7 Å². The minimum atomic E-state index is -0.854. The third-order valence-electron chi connectivity index (χ3n) is 15.4. The van der Waals surface area contributed by atoms with Crippen LogP contribution in [0.5, 0.6) is 0 Å². The number of ether oxygens (including phenoxy) is 4. The normalized spacial score (nSPS) is 15.1. The van der Waals surface area contributed by atoms with Crippen molar-refractivity contribution < 1.29 is 72.6 Å². The molecule has 21 heteroatoms. The number of carbonyl (C=O) groups excluding carboxylic acids is 6. The molecule has 1 saturated carbocycles. The van der Waals surface area contributed by atoms with E-state index in [4.69, 9.17) is 29.8 Å². The molecular weight excluding hydrogens is 1080 g/mol. The van der Waals surface area contributed by atoms with Crippen molar-refractivity contribution in [1.82, 2.24) is 25.9 Å². The second-order valence-electron chi connectivity index (χ2n) is 22.6. The molecule has 484 valence electrons. The first-order valence-electron chi connectivity index (χ1n) is 32.2. The fourth-order valence-corrected chi connectivity index (χ4v) is 10.1. The van der Waals surface area contributed by atoms with Crippen LogP contribution in [-0.2, 0) is 63.7 Å². The number of aliphatic hydroxyl groups is 1. The number of nitrogens with zero attached hydrogens (tertiary/aromatic N) is 1. The number of nitrogens with one attached hydrogen (secondary N) is 4. The van der Waals surface area contributed by atoms with E-state index in [1.165, 1.54) is 83.5 Å². The highest BCUT2D eigenvalue weighted by Gasteiger charge is 2.29. The van der Waals surface area contributed by atoms with Crippen molar-refractivity contribution in [1.29, 1.82) is 0 Å². The molecule has 3 amide bonds. The number of carbonyl (C=O) groups is 8. The molecule has 0 saturated heterocycles. The van der Waals surface area contributed by atoms with E-state index in [0.29, 0.717) is 103 Å². The SMILES string of the molecule is CCC(=O)NCCOCCOCC(=O)NCCOCCOCC(=O)CCCCCC(NCC(=O)CCc1cnc[nH]1)C(N)=O.CCC(CC(=O)C1CCC(CCC(O)CCCCCCCCCCCCCCCCCCC(=O)O)CC1)C(=O)O. The second-order valence-corrected chi connectivity index (χ2v) is 22.6. The van der Waals surface area contributed by atoms with Crippen LogP contribution in [0.3, 0.4) is 0 Å². The Morgan fingerprint density at radius 2 is 1.14 bits per heavy atom.